The molecule has 0 saturated carbocycles. The zero-order chi connectivity index (χ0) is 33.1. The number of rotatable bonds is 3. The minimum atomic E-state index is -1.05. The highest BCUT2D eigenvalue weighted by Gasteiger charge is 2.42. The molecule has 0 spiro atoms. The third-order valence-electron chi connectivity index (χ3n) is 8.67. The Kier molecular flexibility index (Phi) is 7.37. The van der Waals surface area contributed by atoms with E-state index in [0.29, 0.717) is 24.3 Å². The number of ether oxygens (including phenoxy) is 3. The second-order valence-corrected chi connectivity index (χ2v) is 11.9. The quantitative estimate of drug-likeness (QED) is 0.233. The van der Waals surface area contributed by atoms with Crippen LogP contribution in [0.25, 0.3) is 28.0 Å². The molecule has 6 heterocycles. The number of hydrogen-bond donors (Lipinski definition) is 0. The van der Waals surface area contributed by atoms with Crippen LogP contribution in [0.4, 0.5) is 19.4 Å². The molecule has 2 bridgehead atoms. The molecule has 242 valence electrons. The summed E-state index contributed by atoms with van der Waals surface area (Å²) in [7, 11) is 0. The van der Waals surface area contributed by atoms with Gasteiger partial charge in [-0.2, -0.15) is 4.98 Å². The lowest BCUT2D eigenvalue weighted by molar-refractivity contribution is -0.126. The molecule has 14 heteroatoms. The Morgan fingerprint density at radius 2 is 1.91 bits per heavy atom. The number of pyridine rings is 2. The van der Waals surface area contributed by atoms with Gasteiger partial charge in [-0.3, -0.25) is 9.78 Å². The van der Waals surface area contributed by atoms with Gasteiger partial charge in [0.05, 0.1) is 22.3 Å². The molecule has 4 aromatic rings. The molecule has 0 aliphatic carbocycles. The Labute approximate surface area is 267 Å². The van der Waals surface area contributed by atoms with Crippen molar-refractivity contribution in [2.45, 2.75) is 44.9 Å². The Balaban J connectivity index is 1.57. The van der Waals surface area contributed by atoms with Crippen LogP contribution in [0.2, 0.25) is 0 Å². The van der Waals surface area contributed by atoms with Crippen molar-refractivity contribution in [3.63, 3.8) is 0 Å². The summed E-state index contributed by atoms with van der Waals surface area (Å²) in [6.45, 7) is 9.81. The molecule has 0 N–H and O–H groups in total. The van der Waals surface area contributed by atoms with E-state index in [-0.39, 0.29) is 64.9 Å². The fourth-order valence-electron chi connectivity index (χ4n) is 6.49. The van der Waals surface area contributed by atoms with E-state index in [9.17, 15) is 14.4 Å². The van der Waals surface area contributed by atoms with Crippen molar-refractivity contribution in [3.05, 3.63) is 82.6 Å². The number of amides is 1. The van der Waals surface area contributed by atoms with Crippen molar-refractivity contribution in [3.8, 4) is 22.7 Å². The number of aromatic nitrogens is 4. The number of carbonyl (C=O) groups excluding carboxylic acids is 2. The maximum atomic E-state index is 16.3. The van der Waals surface area contributed by atoms with Gasteiger partial charge in [-0.05, 0) is 43.2 Å². The van der Waals surface area contributed by atoms with Crippen LogP contribution in [0.3, 0.4) is 0 Å². The highest BCUT2D eigenvalue weighted by atomic mass is 19.1. The van der Waals surface area contributed by atoms with Gasteiger partial charge in [0.15, 0.2) is 23.7 Å². The Morgan fingerprint density at radius 1 is 1.11 bits per heavy atom. The molecule has 2 unspecified atom stereocenters. The zero-order valence-corrected chi connectivity index (χ0v) is 25.8. The van der Waals surface area contributed by atoms with Crippen LogP contribution in [0.15, 0.2) is 54.0 Å². The largest absolute Gasteiger partial charge is 0.509 e. The highest BCUT2D eigenvalue weighted by Crippen LogP contribution is 2.41. The first-order chi connectivity index (χ1) is 22.6. The number of benzene rings is 1. The molecule has 3 atom stereocenters. The van der Waals surface area contributed by atoms with Crippen LogP contribution in [-0.2, 0) is 14.3 Å². The predicted octanol–water partition coefficient (Wildman–Crippen LogP) is 4.44. The average molecular weight is 645 g/mol. The van der Waals surface area contributed by atoms with Gasteiger partial charge in [0.25, 0.3) is 0 Å². The SMILES string of the molecule is C=CC(=O)N1CCN(c2nc(=O)n3c4nc(c(F)cc24)-c2c(F)cccc2OCC2OC(=O)OC2c2ccnc(C(C)C)c2-3)[C@@H](C)C1. The van der Waals surface area contributed by atoms with E-state index in [2.05, 4.69) is 21.5 Å². The van der Waals surface area contributed by atoms with Gasteiger partial charge in [0, 0.05) is 37.4 Å². The van der Waals surface area contributed by atoms with Crippen LogP contribution in [0.5, 0.6) is 5.75 Å². The van der Waals surface area contributed by atoms with Crippen molar-refractivity contribution in [1.82, 2.24) is 24.4 Å². The van der Waals surface area contributed by atoms with E-state index in [1.165, 1.54) is 35.0 Å². The number of hydrogen-bond acceptors (Lipinski definition) is 10. The zero-order valence-electron chi connectivity index (χ0n) is 25.8. The van der Waals surface area contributed by atoms with Gasteiger partial charge in [-0.15, -0.1) is 0 Å². The first-order valence-corrected chi connectivity index (χ1v) is 15.2. The molecule has 1 amide bonds. The lowest BCUT2D eigenvalue weighted by Gasteiger charge is -2.40. The third-order valence-corrected chi connectivity index (χ3v) is 8.67. The first-order valence-electron chi connectivity index (χ1n) is 15.2. The van der Waals surface area contributed by atoms with Crippen LogP contribution < -0.4 is 15.3 Å². The molecule has 47 heavy (non-hydrogen) atoms. The molecule has 3 aliphatic heterocycles. The van der Waals surface area contributed by atoms with Crippen molar-refractivity contribution >= 4 is 28.9 Å². The molecule has 2 saturated heterocycles. The summed E-state index contributed by atoms with van der Waals surface area (Å²) < 4.78 is 50.1. The molecule has 3 aromatic heterocycles. The second kappa shape index (κ2) is 11.4. The van der Waals surface area contributed by atoms with Crippen molar-refractivity contribution in [2.75, 3.05) is 31.1 Å². The molecular weight excluding hydrogens is 614 g/mol. The van der Waals surface area contributed by atoms with Gasteiger partial charge in [0.2, 0.25) is 5.91 Å². The van der Waals surface area contributed by atoms with Crippen molar-refractivity contribution < 1.29 is 32.6 Å². The van der Waals surface area contributed by atoms with Crippen molar-refractivity contribution in [1.29, 1.82) is 0 Å². The molecule has 0 radical (unpaired) electrons. The van der Waals surface area contributed by atoms with E-state index >= 15 is 8.78 Å². The van der Waals surface area contributed by atoms with E-state index in [4.69, 9.17) is 14.2 Å². The van der Waals surface area contributed by atoms with Gasteiger partial charge >= 0.3 is 11.8 Å². The summed E-state index contributed by atoms with van der Waals surface area (Å²) in [6.07, 6.45) is -0.238. The number of fused-ring (bicyclic) bond motifs is 7. The number of halogens is 2. The average Bonchev–Trinajstić information content (AvgIpc) is 3.42. The third kappa shape index (κ3) is 4.95. The van der Waals surface area contributed by atoms with Crippen LogP contribution in [-0.4, -0.2) is 74.9 Å². The highest BCUT2D eigenvalue weighted by molar-refractivity contribution is 5.91. The molecular formula is C33H30F2N6O6. The minimum Gasteiger partial charge on any atom is -0.489 e. The summed E-state index contributed by atoms with van der Waals surface area (Å²) in [6, 6.07) is 6.46. The number of nitrogens with zero attached hydrogens (tertiary/aromatic N) is 6. The number of carbonyl (C=O) groups is 2. The summed E-state index contributed by atoms with van der Waals surface area (Å²) in [4.78, 5) is 56.3. The molecule has 7 rings (SSSR count). The maximum absolute atomic E-state index is 16.3. The lowest BCUT2D eigenvalue weighted by Crippen LogP contribution is -2.54. The molecule has 2 fully saturated rings. The van der Waals surface area contributed by atoms with Crippen molar-refractivity contribution in [2.24, 2.45) is 0 Å². The molecule has 1 aromatic carbocycles. The fraction of sp³-hybridized carbons (Fsp3) is 0.333. The standard InChI is InChI=1S/C33H30F2N6O6/c1-5-24(42)39-11-12-40(17(4)14-39)30-19-13-21(35)27-25-20(34)7-6-8-22(25)45-15-23-29(47-33(44)46-23)18-9-10-36-26(16(2)3)28(18)41(31(19)37-27)32(43)38-30/h5-10,13,16-17,23,29H,1,11-12,14-15H2,2-4H3/t17-,23?,29?/m0/s1. The second-order valence-electron chi connectivity index (χ2n) is 11.9. The predicted molar refractivity (Wildman–Crippen MR) is 166 cm³/mol. The van der Waals surface area contributed by atoms with Gasteiger partial charge < -0.3 is 24.0 Å². The topological polar surface area (TPSA) is 129 Å². The smallest absolute Gasteiger partial charge is 0.489 e. The molecule has 12 nitrogen and oxygen atoms in total. The van der Waals surface area contributed by atoms with Crippen LogP contribution >= 0.6 is 0 Å². The van der Waals surface area contributed by atoms with Crippen LogP contribution in [0.1, 0.15) is 44.1 Å². The van der Waals surface area contributed by atoms with E-state index in [1.807, 2.05) is 25.7 Å². The number of anilines is 1. The van der Waals surface area contributed by atoms with Gasteiger partial charge in [0.1, 0.15) is 29.7 Å². The van der Waals surface area contributed by atoms with E-state index in [0.717, 1.165) is 6.07 Å². The first kappa shape index (κ1) is 30.3. The van der Waals surface area contributed by atoms with Crippen LogP contribution in [0, 0.1) is 11.6 Å². The normalized spacial score (nSPS) is 20.4. The lowest BCUT2D eigenvalue weighted by atomic mass is 9.97. The van der Waals surface area contributed by atoms with Gasteiger partial charge in [-0.1, -0.05) is 26.5 Å². The fourth-order valence-corrected chi connectivity index (χ4v) is 6.49. The van der Waals surface area contributed by atoms with Gasteiger partial charge in [-0.25, -0.2) is 27.9 Å². The monoisotopic (exact) mass is 644 g/mol. The molecule has 3 aliphatic rings. The minimum absolute atomic E-state index is 0.0269. The number of piperazine rings is 1. The maximum Gasteiger partial charge on any atom is 0.509 e. The Hall–Kier alpha value is -5.40. The summed E-state index contributed by atoms with van der Waals surface area (Å²) >= 11 is 0. The summed E-state index contributed by atoms with van der Waals surface area (Å²) in [5.74, 6) is -2.07. The Morgan fingerprint density at radius 3 is 2.66 bits per heavy atom. The van der Waals surface area contributed by atoms with E-state index in [1.54, 1.807) is 11.0 Å². The Bertz CT molecular complexity index is 2030. The van der Waals surface area contributed by atoms with E-state index < -0.39 is 41.4 Å². The summed E-state index contributed by atoms with van der Waals surface area (Å²) in [5.41, 5.74) is -0.400. The summed E-state index contributed by atoms with van der Waals surface area (Å²) in [5, 5.41) is 0.165.